The van der Waals surface area contributed by atoms with Crippen LogP contribution in [0.4, 0.5) is 0 Å². The molecule has 0 radical (unpaired) electrons. The molecule has 0 aromatic heterocycles. The molecular formula is C13H22N2O3S. The zero-order valence-electron chi connectivity index (χ0n) is 11.5. The summed E-state index contributed by atoms with van der Waals surface area (Å²) < 4.78 is 26.3. The fourth-order valence-corrected chi connectivity index (χ4v) is 2.89. The number of sulfonamides is 1. The molecule has 0 aliphatic heterocycles. The maximum absolute atomic E-state index is 11.9. The third kappa shape index (κ3) is 6.68. The van der Waals surface area contributed by atoms with Crippen molar-refractivity contribution in [3.8, 4) is 0 Å². The van der Waals surface area contributed by atoms with Gasteiger partial charge in [-0.25, -0.2) is 13.1 Å². The first-order valence-corrected chi connectivity index (χ1v) is 7.89. The largest absolute Gasteiger partial charge is 0.392 e. The summed E-state index contributed by atoms with van der Waals surface area (Å²) in [4.78, 5) is 2.01. The van der Waals surface area contributed by atoms with Crippen LogP contribution in [0.5, 0.6) is 0 Å². The second-order valence-electron chi connectivity index (χ2n) is 4.79. The van der Waals surface area contributed by atoms with Gasteiger partial charge in [-0.15, -0.1) is 0 Å². The van der Waals surface area contributed by atoms with Gasteiger partial charge in [0, 0.05) is 6.54 Å². The lowest BCUT2D eigenvalue weighted by molar-refractivity contribution is 0.282. The van der Waals surface area contributed by atoms with E-state index in [0.29, 0.717) is 12.1 Å². The summed E-state index contributed by atoms with van der Waals surface area (Å²) in [7, 11) is 0.599. The van der Waals surface area contributed by atoms with Crippen molar-refractivity contribution in [2.75, 3.05) is 27.2 Å². The van der Waals surface area contributed by atoms with Crippen molar-refractivity contribution in [2.45, 2.75) is 18.8 Å². The van der Waals surface area contributed by atoms with Crippen LogP contribution >= 0.6 is 0 Å². The Morgan fingerprint density at radius 3 is 2.58 bits per heavy atom. The van der Waals surface area contributed by atoms with Crippen molar-refractivity contribution >= 4 is 10.0 Å². The molecule has 0 amide bonds. The Balaban J connectivity index is 2.49. The zero-order chi connectivity index (χ0) is 14.3. The van der Waals surface area contributed by atoms with Crippen LogP contribution in [0.3, 0.4) is 0 Å². The molecule has 1 aromatic carbocycles. The molecule has 0 atom stereocenters. The van der Waals surface area contributed by atoms with Crippen molar-refractivity contribution in [3.63, 3.8) is 0 Å². The highest BCUT2D eigenvalue weighted by Crippen LogP contribution is 2.08. The molecule has 1 aromatic rings. The lowest BCUT2D eigenvalue weighted by Gasteiger charge is -2.10. The van der Waals surface area contributed by atoms with Crippen LogP contribution in [0.25, 0.3) is 0 Å². The maximum atomic E-state index is 11.9. The number of aliphatic hydroxyl groups excluding tert-OH is 1. The van der Waals surface area contributed by atoms with Crippen LogP contribution in [-0.4, -0.2) is 45.6 Å². The minimum atomic E-state index is -3.31. The van der Waals surface area contributed by atoms with Crippen molar-refractivity contribution in [1.29, 1.82) is 0 Å². The molecule has 1 rings (SSSR count). The number of rotatable bonds is 8. The van der Waals surface area contributed by atoms with Crippen LogP contribution in [0, 0.1) is 0 Å². The molecule has 5 nitrogen and oxygen atoms in total. The fourth-order valence-electron chi connectivity index (χ4n) is 1.71. The number of nitrogens with one attached hydrogen (secondary N) is 1. The quantitative estimate of drug-likeness (QED) is 0.685. The van der Waals surface area contributed by atoms with Gasteiger partial charge in [0.2, 0.25) is 10.0 Å². The van der Waals surface area contributed by atoms with Gasteiger partial charge in [-0.3, -0.25) is 0 Å². The summed E-state index contributed by atoms with van der Waals surface area (Å²) in [5.41, 5.74) is 1.41. The van der Waals surface area contributed by atoms with Gasteiger partial charge in [0.1, 0.15) is 0 Å². The molecule has 0 bridgehead atoms. The normalized spacial score (nSPS) is 12.0. The Bertz CT molecular complexity index is 486. The highest BCUT2D eigenvalue weighted by atomic mass is 32.2. The monoisotopic (exact) mass is 286 g/mol. The Morgan fingerprint density at radius 2 is 1.95 bits per heavy atom. The molecule has 0 spiro atoms. The number of hydrogen-bond donors (Lipinski definition) is 2. The van der Waals surface area contributed by atoms with Gasteiger partial charge in [0.05, 0.1) is 12.4 Å². The molecule has 0 aliphatic rings. The van der Waals surface area contributed by atoms with Gasteiger partial charge >= 0.3 is 0 Å². The maximum Gasteiger partial charge on any atom is 0.215 e. The van der Waals surface area contributed by atoms with E-state index < -0.39 is 10.0 Å². The van der Waals surface area contributed by atoms with E-state index in [0.717, 1.165) is 18.5 Å². The van der Waals surface area contributed by atoms with Gasteiger partial charge in [0.15, 0.2) is 0 Å². The van der Waals surface area contributed by atoms with Gasteiger partial charge in [-0.2, -0.15) is 0 Å². The van der Waals surface area contributed by atoms with Gasteiger partial charge in [-0.1, -0.05) is 24.3 Å². The molecule has 0 heterocycles. The van der Waals surface area contributed by atoms with E-state index in [2.05, 4.69) is 4.72 Å². The van der Waals surface area contributed by atoms with Crippen LogP contribution in [-0.2, 0) is 22.4 Å². The summed E-state index contributed by atoms with van der Waals surface area (Å²) in [6.45, 7) is 1.22. The van der Waals surface area contributed by atoms with E-state index in [1.54, 1.807) is 24.3 Å². The first-order chi connectivity index (χ1) is 8.93. The van der Waals surface area contributed by atoms with E-state index in [1.807, 2.05) is 19.0 Å². The molecule has 6 heteroatoms. The Hall–Kier alpha value is -0.950. The van der Waals surface area contributed by atoms with Crippen LogP contribution in [0.2, 0.25) is 0 Å². The number of aliphatic hydroxyl groups is 1. The van der Waals surface area contributed by atoms with Gasteiger partial charge in [-0.05, 0) is 38.2 Å². The SMILES string of the molecule is CN(C)CCCNS(=O)(=O)Cc1cccc(CO)c1. The van der Waals surface area contributed by atoms with Gasteiger partial charge in [0.25, 0.3) is 0 Å². The van der Waals surface area contributed by atoms with Crippen LogP contribution in [0.1, 0.15) is 17.5 Å². The molecule has 0 unspecified atom stereocenters. The Kier molecular flexibility index (Phi) is 6.44. The van der Waals surface area contributed by atoms with Crippen molar-refractivity contribution in [1.82, 2.24) is 9.62 Å². The Morgan fingerprint density at radius 1 is 1.26 bits per heavy atom. The highest BCUT2D eigenvalue weighted by molar-refractivity contribution is 7.88. The molecule has 0 aliphatic carbocycles. The number of hydrogen-bond acceptors (Lipinski definition) is 4. The standard InChI is InChI=1S/C13H22N2O3S/c1-15(2)8-4-7-14-19(17,18)11-13-6-3-5-12(9-13)10-16/h3,5-6,9,14,16H,4,7-8,10-11H2,1-2H3. The average Bonchev–Trinajstić information content (AvgIpc) is 2.34. The number of benzene rings is 1. The smallest absolute Gasteiger partial charge is 0.215 e. The molecule has 0 saturated carbocycles. The Labute approximate surface area is 115 Å². The molecule has 19 heavy (non-hydrogen) atoms. The minimum Gasteiger partial charge on any atom is -0.392 e. The van der Waals surface area contributed by atoms with Gasteiger partial charge < -0.3 is 10.0 Å². The summed E-state index contributed by atoms with van der Waals surface area (Å²) in [5, 5.41) is 9.02. The van der Waals surface area contributed by atoms with E-state index in [1.165, 1.54) is 0 Å². The third-order valence-electron chi connectivity index (χ3n) is 2.63. The second kappa shape index (κ2) is 7.59. The van der Waals surface area contributed by atoms with Crippen LogP contribution < -0.4 is 4.72 Å². The van der Waals surface area contributed by atoms with E-state index in [9.17, 15) is 8.42 Å². The summed E-state index contributed by atoms with van der Waals surface area (Å²) in [5.74, 6) is -0.0528. The lowest BCUT2D eigenvalue weighted by atomic mass is 10.1. The summed E-state index contributed by atoms with van der Waals surface area (Å²) in [6, 6.07) is 6.97. The average molecular weight is 286 g/mol. The molecule has 108 valence electrons. The number of nitrogens with zero attached hydrogens (tertiary/aromatic N) is 1. The minimum absolute atomic E-state index is 0.0528. The van der Waals surface area contributed by atoms with E-state index in [-0.39, 0.29) is 12.4 Å². The zero-order valence-corrected chi connectivity index (χ0v) is 12.3. The van der Waals surface area contributed by atoms with Crippen molar-refractivity contribution < 1.29 is 13.5 Å². The first-order valence-electron chi connectivity index (χ1n) is 6.24. The molecule has 0 saturated heterocycles. The van der Waals surface area contributed by atoms with Crippen molar-refractivity contribution in [2.24, 2.45) is 0 Å². The highest BCUT2D eigenvalue weighted by Gasteiger charge is 2.11. The molecular weight excluding hydrogens is 264 g/mol. The second-order valence-corrected chi connectivity index (χ2v) is 6.60. The first kappa shape index (κ1) is 16.1. The van der Waals surface area contributed by atoms with E-state index in [4.69, 9.17) is 5.11 Å². The summed E-state index contributed by atoms with van der Waals surface area (Å²) >= 11 is 0. The predicted octanol–water partition coefficient (Wildman–Crippen LogP) is 0.550. The van der Waals surface area contributed by atoms with E-state index >= 15 is 0 Å². The van der Waals surface area contributed by atoms with Crippen molar-refractivity contribution in [3.05, 3.63) is 35.4 Å². The lowest BCUT2D eigenvalue weighted by Crippen LogP contribution is -2.28. The van der Waals surface area contributed by atoms with Crippen LogP contribution in [0.15, 0.2) is 24.3 Å². The third-order valence-corrected chi connectivity index (χ3v) is 3.99. The predicted molar refractivity (Wildman–Crippen MR) is 76.2 cm³/mol. The topological polar surface area (TPSA) is 69.6 Å². The molecule has 2 N–H and O–H groups in total. The molecule has 0 fully saturated rings. The fraction of sp³-hybridized carbons (Fsp3) is 0.538. The summed E-state index contributed by atoms with van der Waals surface area (Å²) in [6.07, 6.45) is 0.781.